The number of nitrogens with one attached hydrogen (secondary N) is 1. The first-order valence-electron chi connectivity index (χ1n) is 9.14. The van der Waals surface area contributed by atoms with Gasteiger partial charge in [-0.15, -0.1) is 0 Å². The van der Waals surface area contributed by atoms with E-state index in [2.05, 4.69) is 10.2 Å². The van der Waals surface area contributed by atoms with Gasteiger partial charge < -0.3 is 10.2 Å². The zero-order valence-corrected chi connectivity index (χ0v) is 16.2. The molecule has 3 rings (SSSR count). The standard InChI is InChI=1S/C21H24ClN3O2/c1-16(17-7-9-19(22)10-8-17)23-20(26)15-24-11-13-25(14-12-24)21(27)18-5-3-2-4-6-18/h2-10,16H,11-15H2,1H3,(H,23,26)/t16-/m1/s1. The number of halogens is 1. The predicted molar refractivity (Wildman–Crippen MR) is 107 cm³/mol. The Bertz CT molecular complexity index is 772. The van der Waals surface area contributed by atoms with E-state index in [1.54, 1.807) is 0 Å². The Morgan fingerprint density at radius 2 is 1.63 bits per heavy atom. The van der Waals surface area contributed by atoms with Crippen LogP contribution in [-0.4, -0.2) is 54.3 Å². The van der Waals surface area contributed by atoms with Crippen molar-refractivity contribution in [1.82, 2.24) is 15.1 Å². The molecule has 1 heterocycles. The van der Waals surface area contributed by atoms with Crippen molar-refractivity contribution in [1.29, 1.82) is 0 Å². The summed E-state index contributed by atoms with van der Waals surface area (Å²) < 4.78 is 0. The van der Waals surface area contributed by atoms with Gasteiger partial charge in [0.15, 0.2) is 0 Å². The van der Waals surface area contributed by atoms with E-state index in [0.29, 0.717) is 43.3 Å². The maximum atomic E-state index is 12.5. The fourth-order valence-electron chi connectivity index (χ4n) is 3.20. The summed E-state index contributed by atoms with van der Waals surface area (Å²) in [4.78, 5) is 28.7. The Morgan fingerprint density at radius 3 is 2.26 bits per heavy atom. The monoisotopic (exact) mass is 385 g/mol. The van der Waals surface area contributed by atoms with Crippen LogP contribution in [0.25, 0.3) is 0 Å². The molecule has 1 N–H and O–H groups in total. The predicted octanol–water partition coefficient (Wildman–Crippen LogP) is 2.98. The molecule has 6 heteroatoms. The van der Waals surface area contributed by atoms with Crippen LogP contribution in [0.15, 0.2) is 54.6 Å². The van der Waals surface area contributed by atoms with Crippen LogP contribution >= 0.6 is 11.6 Å². The van der Waals surface area contributed by atoms with Crippen molar-refractivity contribution >= 4 is 23.4 Å². The molecule has 2 aromatic carbocycles. The third-order valence-electron chi connectivity index (χ3n) is 4.79. The van der Waals surface area contributed by atoms with Crippen molar-refractivity contribution in [3.63, 3.8) is 0 Å². The second kappa shape index (κ2) is 9.02. The molecular weight excluding hydrogens is 362 g/mol. The first kappa shape index (κ1) is 19.4. The number of rotatable bonds is 5. The molecule has 142 valence electrons. The van der Waals surface area contributed by atoms with Crippen LogP contribution in [0.4, 0.5) is 0 Å². The second-order valence-electron chi connectivity index (χ2n) is 6.78. The number of piperazine rings is 1. The number of benzene rings is 2. The molecule has 1 fully saturated rings. The van der Waals surface area contributed by atoms with Gasteiger partial charge >= 0.3 is 0 Å². The normalized spacial score (nSPS) is 16.0. The van der Waals surface area contributed by atoms with Crippen molar-refractivity contribution in [2.24, 2.45) is 0 Å². The number of amides is 2. The van der Waals surface area contributed by atoms with Crippen LogP contribution in [-0.2, 0) is 4.79 Å². The summed E-state index contributed by atoms with van der Waals surface area (Å²) in [6.07, 6.45) is 0. The molecule has 0 saturated carbocycles. The lowest BCUT2D eigenvalue weighted by molar-refractivity contribution is -0.123. The van der Waals surface area contributed by atoms with Crippen LogP contribution in [0.1, 0.15) is 28.9 Å². The Kier molecular flexibility index (Phi) is 6.48. The quantitative estimate of drug-likeness (QED) is 0.860. The zero-order valence-electron chi connectivity index (χ0n) is 15.4. The largest absolute Gasteiger partial charge is 0.348 e. The van der Waals surface area contributed by atoms with Crippen LogP contribution in [0, 0.1) is 0 Å². The van der Waals surface area contributed by atoms with Gasteiger partial charge in [-0.3, -0.25) is 14.5 Å². The van der Waals surface area contributed by atoms with Gasteiger partial charge in [-0.1, -0.05) is 41.9 Å². The Hall–Kier alpha value is -2.37. The molecule has 0 radical (unpaired) electrons. The van der Waals surface area contributed by atoms with Gasteiger partial charge in [0.25, 0.3) is 5.91 Å². The highest BCUT2D eigenvalue weighted by Crippen LogP contribution is 2.16. The van der Waals surface area contributed by atoms with E-state index in [1.807, 2.05) is 66.4 Å². The summed E-state index contributed by atoms with van der Waals surface area (Å²) in [7, 11) is 0. The highest BCUT2D eigenvalue weighted by atomic mass is 35.5. The average molecular weight is 386 g/mol. The highest BCUT2D eigenvalue weighted by Gasteiger charge is 2.23. The van der Waals surface area contributed by atoms with E-state index in [-0.39, 0.29) is 17.9 Å². The molecule has 2 amide bonds. The molecule has 5 nitrogen and oxygen atoms in total. The maximum absolute atomic E-state index is 12.5. The van der Waals surface area contributed by atoms with Gasteiger partial charge in [-0.25, -0.2) is 0 Å². The molecule has 2 aromatic rings. The van der Waals surface area contributed by atoms with Crippen LogP contribution in [0.2, 0.25) is 5.02 Å². The van der Waals surface area contributed by atoms with Crippen molar-refractivity contribution in [2.75, 3.05) is 32.7 Å². The fourth-order valence-corrected chi connectivity index (χ4v) is 3.32. The van der Waals surface area contributed by atoms with Crippen LogP contribution in [0.3, 0.4) is 0 Å². The topological polar surface area (TPSA) is 52.7 Å². The minimum absolute atomic E-state index is 0.0136. The molecule has 0 spiro atoms. The van der Waals surface area contributed by atoms with Gasteiger partial charge in [-0.2, -0.15) is 0 Å². The van der Waals surface area contributed by atoms with Gasteiger partial charge in [0.05, 0.1) is 12.6 Å². The Balaban J connectivity index is 1.45. The van der Waals surface area contributed by atoms with E-state index in [9.17, 15) is 9.59 Å². The molecule has 27 heavy (non-hydrogen) atoms. The van der Waals surface area contributed by atoms with Crippen molar-refractivity contribution < 1.29 is 9.59 Å². The van der Waals surface area contributed by atoms with Gasteiger partial charge in [0.2, 0.25) is 5.91 Å². The van der Waals surface area contributed by atoms with Crippen molar-refractivity contribution in [2.45, 2.75) is 13.0 Å². The lowest BCUT2D eigenvalue weighted by Crippen LogP contribution is -2.51. The maximum Gasteiger partial charge on any atom is 0.253 e. The number of hydrogen-bond acceptors (Lipinski definition) is 3. The van der Waals surface area contributed by atoms with Crippen LogP contribution < -0.4 is 5.32 Å². The molecule has 1 saturated heterocycles. The van der Waals surface area contributed by atoms with E-state index < -0.39 is 0 Å². The third-order valence-corrected chi connectivity index (χ3v) is 5.05. The lowest BCUT2D eigenvalue weighted by atomic mass is 10.1. The number of nitrogens with zero attached hydrogens (tertiary/aromatic N) is 2. The van der Waals surface area contributed by atoms with Crippen LogP contribution in [0.5, 0.6) is 0 Å². The van der Waals surface area contributed by atoms with E-state index in [1.165, 1.54) is 0 Å². The minimum Gasteiger partial charge on any atom is -0.348 e. The lowest BCUT2D eigenvalue weighted by Gasteiger charge is -2.34. The number of carbonyl (C=O) groups is 2. The summed E-state index contributed by atoms with van der Waals surface area (Å²) in [6, 6.07) is 16.7. The van der Waals surface area contributed by atoms with Gasteiger partial charge in [0.1, 0.15) is 0 Å². The molecule has 1 aliphatic heterocycles. The van der Waals surface area contributed by atoms with E-state index in [4.69, 9.17) is 11.6 Å². The summed E-state index contributed by atoms with van der Waals surface area (Å²) >= 11 is 5.90. The van der Waals surface area contributed by atoms with Gasteiger partial charge in [-0.05, 0) is 36.8 Å². The van der Waals surface area contributed by atoms with E-state index >= 15 is 0 Å². The van der Waals surface area contributed by atoms with Crippen molar-refractivity contribution in [3.8, 4) is 0 Å². The molecule has 1 atom stereocenters. The Morgan fingerprint density at radius 1 is 1.00 bits per heavy atom. The smallest absolute Gasteiger partial charge is 0.253 e. The summed E-state index contributed by atoms with van der Waals surface area (Å²) in [5.41, 5.74) is 1.73. The van der Waals surface area contributed by atoms with E-state index in [0.717, 1.165) is 5.56 Å². The molecule has 1 aliphatic rings. The third kappa shape index (κ3) is 5.31. The molecule has 0 unspecified atom stereocenters. The fraction of sp³-hybridized carbons (Fsp3) is 0.333. The molecular formula is C21H24ClN3O2. The zero-order chi connectivity index (χ0) is 19.2. The summed E-state index contributed by atoms with van der Waals surface area (Å²) in [5.74, 6) is 0.0383. The van der Waals surface area contributed by atoms with Gasteiger partial charge in [0, 0.05) is 36.8 Å². The highest BCUT2D eigenvalue weighted by molar-refractivity contribution is 6.30. The Labute approximate surface area is 164 Å². The minimum atomic E-state index is -0.0734. The number of carbonyl (C=O) groups excluding carboxylic acids is 2. The van der Waals surface area contributed by atoms with Crippen molar-refractivity contribution in [3.05, 3.63) is 70.7 Å². The first-order valence-corrected chi connectivity index (χ1v) is 9.52. The first-order chi connectivity index (χ1) is 13.0. The molecule has 0 bridgehead atoms. The average Bonchev–Trinajstić information content (AvgIpc) is 2.69. The second-order valence-corrected chi connectivity index (χ2v) is 7.21. The molecule has 0 aliphatic carbocycles. The summed E-state index contributed by atoms with van der Waals surface area (Å²) in [5, 5.41) is 3.70. The number of hydrogen-bond donors (Lipinski definition) is 1. The SMILES string of the molecule is C[C@@H](NC(=O)CN1CCN(C(=O)c2ccccc2)CC1)c1ccc(Cl)cc1. The molecule has 0 aromatic heterocycles. The summed E-state index contributed by atoms with van der Waals surface area (Å²) in [6.45, 7) is 4.95.